The minimum atomic E-state index is -0.0809. The highest BCUT2D eigenvalue weighted by Gasteiger charge is 2.35. The fourth-order valence-electron chi connectivity index (χ4n) is 3.62. The molecule has 0 saturated heterocycles. The Kier molecular flexibility index (Phi) is 7.47. The molecule has 0 aliphatic heterocycles. The van der Waals surface area contributed by atoms with Crippen LogP contribution in [0.1, 0.15) is 51.2 Å². The van der Waals surface area contributed by atoms with Gasteiger partial charge in [0.05, 0.1) is 0 Å². The lowest BCUT2D eigenvalue weighted by Gasteiger charge is -2.36. The Morgan fingerprint density at radius 3 is 1.88 bits per heavy atom. The van der Waals surface area contributed by atoms with Crippen LogP contribution in [0.15, 0.2) is 96.6 Å². The molecule has 2 aromatic carbocycles. The van der Waals surface area contributed by atoms with Gasteiger partial charge in [-0.25, -0.2) is 0 Å². The lowest BCUT2D eigenvalue weighted by Crippen LogP contribution is -2.29. The molecule has 0 heteroatoms. The van der Waals surface area contributed by atoms with Gasteiger partial charge in [0.1, 0.15) is 0 Å². The molecular formula is C25H30. The van der Waals surface area contributed by atoms with E-state index in [4.69, 9.17) is 0 Å². The van der Waals surface area contributed by atoms with E-state index >= 15 is 0 Å². The molecule has 2 aromatic rings. The van der Waals surface area contributed by atoms with Gasteiger partial charge in [0.25, 0.3) is 0 Å². The highest BCUT2D eigenvalue weighted by Crippen LogP contribution is 2.44. The zero-order chi connectivity index (χ0) is 18.0. The van der Waals surface area contributed by atoms with Gasteiger partial charge in [0.15, 0.2) is 0 Å². The molecule has 0 atom stereocenters. The summed E-state index contributed by atoms with van der Waals surface area (Å²) in [6.07, 6.45) is 14.5. The second-order valence-corrected chi connectivity index (χ2v) is 6.08. The predicted molar refractivity (Wildman–Crippen MR) is 111 cm³/mol. The van der Waals surface area contributed by atoms with Gasteiger partial charge >= 0.3 is 0 Å². The van der Waals surface area contributed by atoms with E-state index in [0.29, 0.717) is 0 Å². The van der Waals surface area contributed by atoms with Crippen molar-refractivity contribution in [2.75, 3.05) is 0 Å². The van der Waals surface area contributed by atoms with Gasteiger partial charge in [-0.15, -0.1) is 0 Å². The molecule has 0 spiro atoms. The molecule has 0 saturated carbocycles. The SMILES string of the molecule is CC.CCCC(C1=CC=CCC=C1)(c1ccccc1)c1ccccc1. The van der Waals surface area contributed by atoms with Crippen LogP contribution in [-0.4, -0.2) is 0 Å². The van der Waals surface area contributed by atoms with Crippen LogP contribution in [0.4, 0.5) is 0 Å². The van der Waals surface area contributed by atoms with E-state index in [9.17, 15) is 0 Å². The molecule has 0 unspecified atom stereocenters. The molecule has 0 fully saturated rings. The molecule has 0 N–H and O–H groups in total. The fourth-order valence-corrected chi connectivity index (χ4v) is 3.62. The summed E-state index contributed by atoms with van der Waals surface area (Å²) in [5.41, 5.74) is 4.05. The maximum atomic E-state index is 2.32. The van der Waals surface area contributed by atoms with E-state index in [1.807, 2.05) is 13.8 Å². The fraction of sp³-hybridized carbons (Fsp3) is 0.280. The molecule has 0 heterocycles. The van der Waals surface area contributed by atoms with Crippen molar-refractivity contribution in [3.8, 4) is 0 Å². The van der Waals surface area contributed by atoms with Crippen LogP contribution in [-0.2, 0) is 5.41 Å². The molecule has 130 valence electrons. The van der Waals surface area contributed by atoms with E-state index in [2.05, 4.69) is 98.0 Å². The van der Waals surface area contributed by atoms with Crippen LogP contribution in [0, 0.1) is 0 Å². The smallest absolute Gasteiger partial charge is 0.0451 e. The van der Waals surface area contributed by atoms with Crippen molar-refractivity contribution in [3.05, 3.63) is 108 Å². The van der Waals surface area contributed by atoms with Gasteiger partial charge in [-0.2, -0.15) is 0 Å². The third-order valence-corrected chi connectivity index (χ3v) is 4.63. The first kappa shape index (κ1) is 19.0. The molecule has 0 radical (unpaired) electrons. The minimum Gasteiger partial charge on any atom is -0.0807 e. The van der Waals surface area contributed by atoms with Gasteiger partial charge in [0.2, 0.25) is 0 Å². The quantitative estimate of drug-likeness (QED) is 0.542. The highest BCUT2D eigenvalue weighted by molar-refractivity contribution is 5.53. The maximum absolute atomic E-state index is 2.32. The Balaban J connectivity index is 0.00000109. The summed E-state index contributed by atoms with van der Waals surface area (Å²) in [5.74, 6) is 0. The topological polar surface area (TPSA) is 0 Å². The number of allylic oxidation sites excluding steroid dienone is 6. The Hall–Kier alpha value is -2.34. The van der Waals surface area contributed by atoms with E-state index in [0.717, 1.165) is 19.3 Å². The zero-order valence-corrected chi connectivity index (χ0v) is 15.8. The highest BCUT2D eigenvalue weighted by atomic mass is 14.4. The molecule has 0 amide bonds. The largest absolute Gasteiger partial charge is 0.0807 e. The zero-order valence-electron chi connectivity index (χ0n) is 15.8. The molecule has 0 bridgehead atoms. The van der Waals surface area contributed by atoms with Crippen molar-refractivity contribution in [2.24, 2.45) is 0 Å². The van der Waals surface area contributed by atoms with E-state index < -0.39 is 0 Å². The third kappa shape index (κ3) is 4.20. The first-order valence-electron chi connectivity index (χ1n) is 9.53. The molecule has 3 rings (SSSR count). The van der Waals surface area contributed by atoms with Gasteiger partial charge in [-0.1, -0.05) is 118 Å². The molecular weight excluding hydrogens is 300 g/mol. The van der Waals surface area contributed by atoms with E-state index in [1.165, 1.54) is 16.7 Å². The molecule has 1 aliphatic rings. The summed E-state index contributed by atoms with van der Waals surface area (Å²) < 4.78 is 0. The van der Waals surface area contributed by atoms with Crippen LogP contribution in [0.2, 0.25) is 0 Å². The summed E-state index contributed by atoms with van der Waals surface area (Å²) >= 11 is 0. The second kappa shape index (κ2) is 9.84. The Morgan fingerprint density at radius 1 is 0.800 bits per heavy atom. The average Bonchev–Trinajstić information content (AvgIpc) is 2.99. The van der Waals surface area contributed by atoms with Crippen molar-refractivity contribution >= 4 is 0 Å². The normalized spacial score (nSPS) is 13.5. The van der Waals surface area contributed by atoms with Crippen LogP contribution in [0.25, 0.3) is 0 Å². The van der Waals surface area contributed by atoms with Crippen LogP contribution in [0.5, 0.6) is 0 Å². The van der Waals surface area contributed by atoms with Crippen molar-refractivity contribution < 1.29 is 0 Å². The molecule has 25 heavy (non-hydrogen) atoms. The maximum Gasteiger partial charge on any atom is 0.0451 e. The van der Waals surface area contributed by atoms with Crippen LogP contribution < -0.4 is 0 Å². The van der Waals surface area contributed by atoms with Gasteiger partial charge < -0.3 is 0 Å². The van der Waals surface area contributed by atoms with Gasteiger partial charge in [-0.05, 0) is 29.5 Å². The number of benzene rings is 2. The Bertz CT molecular complexity index is 663. The Labute approximate surface area is 153 Å². The molecule has 1 aliphatic carbocycles. The second-order valence-electron chi connectivity index (χ2n) is 6.08. The van der Waals surface area contributed by atoms with Gasteiger partial charge in [0, 0.05) is 5.41 Å². The molecule has 0 aromatic heterocycles. The summed E-state index contributed by atoms with van der Waals surface area (Å²) in [7, 11) is 0. The lowest BCUT2D eigenvalue weighted by atomic mass is 9.66. The number of hydrogen-bond acceptors (Lipinski definition) is 0. The first-order chi connectivity index (χ1) is 12.4. The predicted octanol–water partition coefficient (Wildman–Crippen LogP) is 7.24. The standard InChI is InChI=1S/C23H24.C2H6/c1-2-19-23(21-15-9-5-10-16-21,22-17-11-6-12-18-22)20-13-7-3-4-8-14-20;1-2/h3,5-18H,2,4,19H2,1H3;1-2H3. The minimum absolute atomic E-state index is 0.0809. The van der Waals surface area contributed by atoms with E-state index in [-0.39, 0.29) is 5.41 Å². The monoisotopic (exact) mass is 330 g/mol. The van der Waals surface area contributed by atoms with Crippen molar-refractivity contribution in [1.29, 1.82) is 0 Å². The van der Waals surface area contributed by atoms with Crippen molar-refractivity contribution in [2.45, 2.75) is 45.4 Å². The summed E-state index contributed by atoms with van der Waals surface area (Å²) in [4.78, 5) is 0. The van der Waals surface area contributed by atoms with Crippen LogP contribution in [0.3, 0.4) is 0 Å². The van der Waals surface area contributed by atoms with Crippen LogP contribution >= 0.6 is 0 Å². The first-order valence-corrected chi connectivity index (χ1v) is 9.53. The Morgan fingerprint density at radius 2 is 1.36 bits per heavy atom. The summed E-state index contributed by atoms with van der Waals surface area (Å²) in [6, 6.07) is 21.9. The third-order valence-electron chi connectivity index (χ3n) is 4.63. The average molecular weight is 331 g/mol. The molecule has 0 nitrogen and oxygen atoms in total. The van der Waals surface area contributed by atoms with E-state index in [1.54, 1.807) is 0 Å². The van der Waals surface area contributed by atoms with Crippen molar-refractivity contribution in [3.63, 3.8) is 0 Å². The van der Waals surface area contributed by atoms with Gasteiger partial charge in [-0.3, -0.25) is 0 Å². The summed E-state index contributed by atoms with van der Waals surface area (Å²) in [5, 5.41) is 0. The summed E-state index contributed by atoms with van der Waals surface area (Å²) in [6.45, 7) is 6.28. The lowest BCUT2D eigenvalue weighted by molar-refractivity contribution is 0.549. The van der Waals surface area contributed by atoms with Crippen molar-refractivity contribution in [1.82, 2.24) is 0 Å². The number of hydrogen-bond donors (Lipinski definition) is 0. The number of rotatable bonds is 5.